The van der Waals surface area contributed by atoms with E-state index in [9.17, 15) is 13.2 Å². The molecule has 25 heavy (non-hydrogen) atoms. The lowest BCUT2D eigenvalue weighted by atomic mass is 10.1. The van der Waals surface area contributed by atoms with Crippen molar-refractivity contribution in [1.29, 1.82) is 0 Å². The molecule has 0 saturated carbocycles. The molecule has 1 aromatic heterocycles. The van der Waals surface area contributed by atoms with E-state index in [1.165, 1.54) is 27.2 Å². The fourth-order valence-electron chi connectivity index (χ4n) is 2.88. The highest BCUT2D eigenvalue weighted by molar-refractivity contribution is 7.89. The molecule has 6 nitrogen and oxygen atoms in total. The fourth-order valence-corrected chi connectivity index (χ4v) is 4.30. The van der Waals surface area contributed by atoms with Crippen molar-refractivity contribution < 1.29 is 13.2 Å². The van der Waals surface area contributed by atoms with E-state index < -0.39 is 10.0 Å². The van der Waals surface area contributed by atoms with Gasteiger partial charge in [-0.05, 0) is 31.0 Å². The summed E-state index contributed by atoms with van der Waals surface area (Å²) in [5.74, 6) is 0. The highest BCUT2D eigenvalue weighted by Gasteiger charge is 2.26. The SMILES string of the molecule is Cc1ccc(C)c(Cn2cc(S(=O)(=O)N3CCOCC3)ccc2=O)c1. The smallest absolute Gasteiger partial charge is 0.250 e. The summed E-state index contributed by atoms with van der Waals surface area (Å²) in [5, 5.41) is 0. The Bertz CT molecular complexity index is 928. The number of aromatic nitrogens is 1. The van der Waals surface area contributed by atoms with Crippen LogP contribution in [0.5, 0.6) is 0 Å². The average molecular weight is 362 g/mol. The Balaban J connectivity index is 1.95. The van der Waals surface area contributed by atoms with Gasteiger partial charge in [0, 0.05) is 25.4 Å². The Morgan fingerprint density at radius 2 is 1.80 bits per heavy atom. The number of rotatable bonds is 4. The Hall–Kier alpha value is -1.96. The minimum absolute atomic E-state index is 0.138. The van der Waals surface area contributed by atoms with Crippen LogP contribution in [0.3, 0.4) is 0 Å². The first-order valence-electron chi connectivity index (χ1n) is 8.22. The lowest BCUT2D eigenvalue weighted by Gasteiger charge is -2.26. The molecule has 0 unspecified atom stereocenters. The predicted octanol–water partition coefficient (Wildman–Crippen LogP) is 1.53. The van der Waals surface area contributed by atoms with Crippen LogP contribution in [-0.2, 0) is 21.3 Å². The first-order valence-corrected chi connectivity index (χ1v) is 9.66. The number of hydrogen-bond donors (Lipinski definition) is 0. The van der Waals surface area contributed by atoms with Crippen LogP contribution in [0.1, 0.15) is 16.7 Å². The third-order valence-corrected chi connectivity index (χ3v) is 6.29. The molecule has 0 radical (unpaired) electrons. The van der Waals surface area contributed by atoms with Gasteiger partial charge >= 0.3 is 0 Å². The molecular formula is C18H22N2O4S. The Labute approximate surface area is 147 Å². The van der Waals surface area contributed by atoms with Crippen molar-refractivity contribution in [2.24, 2.45) is 0 Å². The maximum Gasteiger partial charge on any atom is 0.250 e. The number of morpholine rings is 1. The average Bonchev–Trinajstić information content (AvgIpc) is 2.60. The lowest BCUT2D eigenvalue weighted by Crippen LogP contribution is -2.41. The molecule has 7 heteroatoms. The molecule has 0 atom stereocenters. The zero-order valence-electron chi connectivity index (χ0n) is 14.4. The highest BCUT2D eigenvalue weighted by Crippen LogP contribution is 2.17. The van der Waals surface area contributed by atoms with Gasteiger partial charge in [0.1, 0.15) is 0 Å². The molecule has 2 aromatic rings. The quantitative estimate of drug-likeness (QED) is 0.827. The van der Waals surface area contributed by atoms with Crippen LogP contribution in [0.15, 0.2) is 46.2 Å². The van der Waals surface area contributed by atoms with E-state index >= 15 is 0 Å². The van der Waals surface area contributed by atoms with Crippen molar-refractivity contribution >= 4 is 10.0 Å². The van der Waals surface area contributed by atoms with E-state index in [0.29, 0.717) is 32.8 Å². The van der Waals surface area contributed by atoms with Crippen molar-refractivity contribution in [2.75, 3.05) is 26.3 Å². The van der Waals surface area contributed by atoms with Gasteiger partial charge in [-0.25, -0.2) is 8.42 Å². The molecule has 0 bridgehead atoms. The molecule has 1 aliphatic rings. The van der Waals surface area contributed by atoms with Gasteiger partial charge in [0.05, 0.1) is 24.7 Å². The van der Waals surface area contributed by atoms with E-state index in [2.05, 4.69) is 0 Å². The summed E-state index contributed by atoms with van der Waals surface area (Å²) in [6.45, 7) is 5.76. The molecule has 1 saturated heterocycles. The number of sulfonamides is 1. The van der Waals surface area contributed by atoms with Gasteiger partial charge in [-0.15, -0.1) is 0 Å². The maximum atomic E-state index is 12.8. The molecule has 1 aromatic carbocycles. The first-order chi connectivity index (χ1) is 11.9. The molecule has 0 amide bonds. The number of hydrogen-bond acceptors (Lipinski definition) is 4. The lowest BCUT2D eigenvalue weighted by molar-refractivity contribution is 0.0730. The molecule has 0 aliphatic carbocycles. The minimum Gasteiger partial charge on any atom is -0.379 e. The van der Waals surface area contributed by atoms with Gasteiger partial charge in [-0.3, -0.25) is 4.79 Å². The van der Waals surface area contributed by atoms with Crippen molar-refractivity contribution in [3.8, 4) is 0 Å². The van der Waals surface area contributed by atoms with Crippen molar-refractivity contribution in [1.82, 2.24) is 8.87 Å². The molecule has 3 rings (SSSR count). The van der Waals surface area contributed by atoms with E-state index in [1.807, 2.05) is 32.0 Å². The van der Waals surface area contributed by atoms with Crippen LogP contribution in [-0.4, -0.2) is 43.6 Å². The van der Waals surface area contributed by atoms with E-state index in [0.717, 1.165) is 16.7 Å². The summed E-state index contributed by atoms with van der Waals surface area (Å²) in [6, 6.07) is 8.74. The molecular weight excluding hydrogens is 340 g/mol. The third-order valence-electron chi connectivity index (χ3n) is 4.41. The summed E-state index contributed by atoms with van der Waals surface area (Å²) >= 11 is 0. The van der Waals surface area contributed by atoms with Crippen LogP contribution in [0.25, 0.3) is 0 Å². The van der Waals surface area contributed by atoms with Gasteiger partial charge < -0.3 is 9.30 Å². The third kappa shape index (κ3) is 3.84. The zero-order valence-corrected chi connectivity index (χ0v) is 15.3. The molecule has 1 fully saturated rings. The van der Waals surface area contributed by atoms with Gasteiger partial charge in [-0.1, -0.05) is 23.8 Å². The number of aryl methyl sites for hydroxylation is 2. The van der Waals surface area contributed by atoms with Crippen LogP contribution >= 0.6 is 0 Å². The number of ether oxygens (including phenoxy) is 1. The Kier molecular flexibility index (Phi) is 5.08. The van der Waals surface area contributed by atoms with Crippen LogP contribution in [0, 0.1) is 13.8 Å². The summed E-state index contributed by atoms with van der Waals surface area (Å²) in [7, 11) is -3.62. The van der Waals surface area contributed by atoms with Gasteiger partial charge in [-0.2, -0.15) is 4.31 Å². The largest absolute Gasteiger partial charge is 0.379 e. The minimum atomic E-state index is -3.62. The fraction of sp³-hybridized carbons (Fsp3) is 0.389. The molecule has 2 heterocycles. The number of pyridine rings is 1. The second-order valence-corrected chi connectivity index (χ2v) is 8.22. The second kappa shape index (κ2) is 7.11. The van der Waals surface area contributed by atoms with Crippen molar-refractivity contribution in [2.45, 2.75) is 25.3 Å². The Morgan fingerprint density at radius 3 is 2.52 bits per heavy atom. The summed E-state index contributed by atoms with van der Waals surface area (Å²) in [5.41, 5.74) is 2.95. The summed E-state index contributed by atoms with van der Waals surface area (Å²) in [4.78, 5) is 12.3. The molecule has 134 valence electrons. The zero-order chi connectivity index (χ0) is 18.0. The van der Waals surface area contributed by atoms with Crippen molar-refractivity contribution in [3.05, 3.63) is 63.6 Å². The summed E-state index contributed by atoms with van der Waals surface area (Å²) in [6.07, 6.45) is 1.44. The molecule has 1 aliphatic heterocycles. The Morgan fingerprint density at radius 1 is 1.08 bits per heavy atom. The van der Waals surface area contributed by atoms with E-state index in [4.69, 9.17) is 4.74 Å². The second-order valence-electron chi connectivity index (χ2n) is 6.28. The van der Waals surface area contributed by atoms with E-state index in [1.54, 1.807) is 0 Å². The monoisotopic (exact) mass is 362 g/mol. The van der Waals surface area contributed by atoms with Crippen LogP contribution < -0.4 is 5.56 Å². The molecule has 0 N–H and O–H groups in total. The standard InChI is InChI=1S/C18H22N2O4S/c1-14-3-4-15(2)16(11-14)12-19-13-17(5-6-18(19)21)25(22,23)20-7-9-24-10-8-20/h3-6,11,13H,7-10,12H2,1-2H3. The van der Waals surface area contributed by atoms with Crippen LogP contribution in [0.2, 0.25) is 0 Å². The highest BCUT2D eigenvalue weighted by atomic mass is 32.2. The topological polar surface area (TPSA) is 68.6 Å². The van der Waals surface area contributed by atoms with Gasteiger partial charge in [0.15, 0.2) is 0 Å². The predicted molar refractivity (Wildman–Crippen MR) is 95.3 cm³/mol. The van der Waals surface area contributed by atoms with Crippen molar-refractivity contribution in [3.63, 3.8) is 0 Å². The van der Waals surface area contributed by atoms with E-state index in [-0.39, 0.29) is 10.5 Å². The number of nitrogens with zero attached hydrogens (tertiary/aromatic N) is 2. The van der Waals surface area contributed by atoms with Crippen LogP contribution in [0.4, 0.5) is 0 Å². The molecule has 0 spiro atoms. The first kappa shape index (κ1) is 17.8. The van der Waals surface area contributed by atoms with Gasteiger partial charge in [0.25, 0.3) is 5.56 Å². The number of benzene rings is 1. The summed E-state index contributed by atoms with van der Waals surface area (Å²) < 4.78 is 33.6. The normalized spacial score (nSPS) is 16.1. The maximum absolute atomic E-state index is 12.8. The van der Waals surface area contributed by atoms with Gasteiger partial charge in [0.2, 0.25) is 10.0 Å².